The number of nitrogens with one attached hydrogen (secondary N) is 1. The van der Waals surface area contributed by atoms with Crippen molar-refractivity contribution < 1.29 is 4.74 Å². The molecule has 2 nitrogen and oxygen atoms in total. The van der Waals surface area contributed by atoms with Crippen LogP contribution in [-0.4, -0.2) is 19.7 Å². The van der Waals surface area contributed by atoms with Gasteiger partial charge in [0.25, 0.3) is 0 Å². The zero-order valence-corrected chi connectivity index (χ0v) is 11.9. The van der Waals surface area contributed by atoms with E-state index in [-0.39, 0.29) is 5.41 Å². The summed E-state index contributed by atoms with van der Waals surface area (Å²) in [6, 6.07) is 6.67. The molecule has 1 aromatic rings. The Hall–Kier alpha value is -1.02. The van der Waals surface area contributed by atoms with Gasteiger partial charge in [0.15, 0.2) is 0 Å². The Labute approximate surface area is 105 Å². The van der Waals surface area contributed by atoms with Crippen LogP contribution in [0.15, 0.2) is 18.2 Å². The Morgan fingerprint density at radius 1 is 1.24 bits per heavy atom. The van der Waals surface area contributed by atoms with Crippen molar-refractivity contribution in [3.8, 4) is 5.75 Å². The van der Waals surface area contributed by atoms with Crippen molar-refractivity contribution in [1.29, 1.82) is 0 Å². The molecule has 0 radical (unpaired) electrons. The molecule has 0 aliphatic rings. The molecule has 0 amide bonds. The zero-order chi connectivity index (χ0) is 13.1. The lowest BCUT2D eigenvalue weighted by Crippen LogP contribution is -2.42. The van der Waals surface area contributed by atoms with Crippen molar-refractivity contribution in [3.05, 3.63) is 29.3 Å². The third kappa shape index (κ3) is 4.04. The Balaban J connectivity index is 2.69. The molecule has 0 aliphatic heterocycles. The first-order valence-electron chi connectivity index (χ1n) is 6.22. The van der Waals surface area contributed by atoms with Crippen molar-refractivity contribution in [2.75, 3.05) is 13.7 Å². The summed E-state index contributed by atoms with van der Waals surface area (Å²) in [5.41, 5.74) is 2.63. The minimum absolute atomic E-state index is 0.201. The first-order valence-corrected chi connectivity index (χ1v) is 6.22. The van der Waals surface area contributed by atoms with E-state index < -0.39 is 0 Å². The van der Waals surface area contributed by atoms with E-state index in [0.717, 1.165) is 5.75 Å². The maximum absolute atomic E-state index is 5.93. The van der Waals surface area contributed by atoms with Crippen molar-refractivity contribution in [2.45, 2.75) is 40.7 Å². The molecule has 96 valence electrons. The van der Waals surface area contributed by atoms with Crippen LogP contribution in [0.25, 0.3) is 0 Å². The Bertz CT molecular complexity index is 366. The van der Waals surface area contributed by atoms with Crippen LogP contribution in [0, 0.1) is 19.3 Å². The van der Waals surface area contributed by atoms with E-state index >= 15 is 0 Å². The quantitative estimate of drug-likeness (QED) is 0.864. The summed E-state index contributed by atoms with van der Waals surface area (Å²) < 4.78 is 5.93. The van der Waals surface area contributed by atoms with Crippen LogP contribution in [0.4, 0.5) is 0 Å². The molecular formula is C15H25NO. The van der Waals surface area contributed by atoms with E-state index in [2.05, 4.69) is 58.1 Å². The lowest BCUT2D eigenvalue weighted by atomic mass is 9.87. The van der Waals surface area contributed by atoms with Gasteiger partial charge in [0, 0.05) is 6.04 Å². The monoisotopic (exact) mass is 235 g/mol. The maximum atomic E-state index is 5.93. The molecule has 1 N–H and O–H groups in total. The van der Waals surface area contributed by atoms with E-state index in [0.29, 0.717) is 12.6 Å². The van der Waals surface area contributed by atoms with Crippen LogP contribution in [0.3, 0.4) is 0 Å². The Morgan fingerprint density at radius 3 is 2.41 bits per heavy atom. The number of rotatable bonds is 4. The number of ether oxygens (including phenoxy) is 1. The van der Waals surface area contributed by atoms with Crippen LogP contribution >= 0.6 is 0 Å². The number of hydrogen-bond acceptors (Lipinski definition) is 2. The minimum Gasteiger partial charge on any atom is -0.492 e. The number of likely N-dealkylation sites (N-methyl/N-ethyl adjacent to an activating group) is 1. The molecule has 17 heavy (non-hydrogen) atoms. The molecule has 1 aromatic carbocycles. The fraction of sp³-hybridized carbons (Fsp3) is 0.600. The van der Waals surface area contributed by atoms with E-state index in [1.165, 1.54) is 11.1 Å². The summed E-state index contributed by atoms with van der Waals surface area (Å²) in [6.07, 6.45) is 0. The summed E-state index contributed by atoms with van der Waals surface area (Å²) in [5.74, 6) is 0.995. The molecular weight excluding hydrogens is 210 g/mol. The number of benzene rings is 1. The summed E-state index contributed by atoms with van der Waals surface area (Å²) >= 11 is 0. The van der Waals surface area contributed by atoms with Gasteiger partial charge < -0.3 is 10.1 Å². The lowest BCUT2D eigenvalue weighted by Gasteiger charge is -2.30. The Morgan fingerprint density at radius 2 is 1.88 bits per heavy atom. The van der Waals surface area contributed by atoms with Gasteiger partial charge >= 0.3 is 0 Å². The van der Waals surface area contributed by atoms with Gasteiger partial charge in [0.1, 0.15) is 12.4 Å². The third-order valence-electron chi connectivity index (χ3n) is 3.14. The smallest absolute Gasteiger partial charge is 0.122 e. The maximum Gasteiger partial charge on any atom is 0.122 e. The van der Waals surface area contributed by atoms with Crippen LogP contribution in [0.2, 0.25) is 0 Å². The summed E-state index contributed by atoms with van der Waals surface area (Å²) in [6.45, 7) is 11.5. The molecule has 2 heteroatoms. The highest BCUT2D eigenvalue weighted by atomic mass is 16.5. The van der Waals surface area contributed by atoms with Gasteiger partial charge in [0.05, 0.1) is 0 Å². The van der Waals surface area contributed by atoms with E-state index in [1.807, 2.05) is 7.05 Å². The van der Waals surface area contributed by atoms with Crippen molar-refractivity contribution in [1.82, 2.24) is 5.32 Å². The van der Waals surface area contributed by atoms with Gasteiger partial charge in [-0.25, -0.2) is 0 Å². The fourth-order valence-corrected chi connectivity index (χ4v) is 1.80. The number of aryl methyl sites for hydroxylation is 2. The van der Waals surface area contributed by atoms with E-state index in [1.54, 1.807) is 0 Å². The average molecular weight is 235 g/mol. The second-order valence-corrected chi connectivity index (χ2v) is 5.79. The highest BCUT2D eigenvalue weighted by molar-refractivity contribution is 5.35. The number of hydrogen-bond donors (Lipinski definition) is 1. The minimum atomic E-state index is 0.201. The highest BCUT2D eigenvalue weighted by Crippen LogP contribution is 2.23. The van der Waals surface area contributed by atoms with Gasteiger partial charge in [-0.2, -0.15) is 0 Å². The van der Waals surface area contributed by atoms with Gasteiger partial charge in [-0.3, -0.25) is 0 Å². The van der Waals surface area contributed by atoms with Gasteiger partial charge in [-0.05, 0) is 43.5 Å². The second-order valence-electron chi connectivity index (χ2n) is 5.79. The van der Waals surface area contributed by atoms with Crippen molar-refractivity contribution in [2.24, 2.45) is 5.41 Å². The SMILES string of the molecule is CNC(COc1cc(C)ccc1C)C(C)(C)C. The average Bonchev–Trinajstić information content (AvgIpc) is 2.22. The first-order chi connectivity index (χ1) is 7.84. The topological polar surface area (TPSA) is 21.3 Å². The molecule has 0 saturated heterocycles. The molecule has 1 unspecified atom stereocenters. The van der Waals surface area contributed by atoms with E-state index in [4.69, 9.17) is 4.74 Å². The zero-order valence-electron chi connectivity index (χ0n) is 11.9. The molecule has 0 fully saturated rings. The molecule has 1 rings (SSSR count). The predicted octanol–water partition coefficient (Wildman–Crippen LogP) is 3.32. The fourth-order valence-electron chi connectivity index (χ4n) is 1.80. The molecule has 0 heterocycles. The molecule has 1 atom stereocenters. The first kappa shape index (κ1) is 14.0. The Kier molecular flexibility index (Phi) is 4.58. The van der Waals surface area contributed by atoms with Crippen LogP contribution in [0.5, 0.6) is 5.75 Å². The van der Waals surface area contributed by atoms with Crippen molar-refractivity contribution >= 4 is 0 Å². The van der Waals surface area contributed by atoms with E-state index in [9.17, 15) is 0 Å². The van der Waals surface area contributed by atoms with Gasteiger partial charge in [-0.15, -0.1) is 0 Å². The summed E-state index contributed by atoms with van der Waals surface area (Å²) in [4.78, 5) is 0. The molecule has 0 saturated carbocycles. The van der Waals surface area contributed by atoms with Crippen LogP contribution in [0.1, 0.15) is 31.9 Å². The lowest BCUT2D eigenvalue weighted by molar-refractivity contribution is 0.180. The molecule has 0 aliphatic carbocycles. The molecule has 0 spiro atoms. The standard InChI is InChI=1S/C15H25NO/c1-11-7-8-12(2)13(9-11)17-10-14(16-6)15(3,4)5/h7-9,14,16H,10H2,1-6H3. The van der Waals surface area contributed by atoms with Crippen molar-refractivity contribution in [3.63, 3.8) is 0 Å². The highest BCUT2D eigenvalue weighted by Gasteiger charge is 2.23. The largest absolute Gasteiger partial charge is 0.492 e. The molecule has 0 aromatic heterocycles. The van der Waals surface area contributed by atoms with Crippen LogP contribution in [-0.2, 0) is 0 Å². The van der Waals surface area contributed by atoms with Crippen LogP contribution < -0.4 is 10.1 Å². The summed E-state index contributed by atoms with van der Waals surface area (Å²) in [7, 11) is 1.99. The summed E-state index contributed by atoms with van der Waals surface area (Å²) in [5, 5.41) is 3.32. The molecule has 0 bridgehead atoms. The second kappa shape index (κ2) is 5.54. The third-order valence-corrected chi connectivity index (χ3v) is 3.14. The predicted molar refractivity (Wildman–Crippen MR) is 73.7 cm³/mol. The van der Waals surface area contributed by atoms with Gasteiger partial charge in [-0.1, -0.05) is 32.9 Å². The normalized spacial score (nSPS) is 13.5. The van der Waals surface area contributed by atoms with Gasteiger partial charge in [0.2, 0.25) is 0 Å².